The second-order valence-corrected chi connectivity index (χ2v) is 5.54. The molecule has 0 saturated carbocycles. The number of benzene rings is 1. The highest BCUT2D eigenvalue weighted by Gasteiger charge is 2.23. The third-order valence-electron chi connectivity index (χ3n) is 4.20. The van der Waals surface area contributed by atoms with Crippen molar-refractivity contribution in [3.05, 3.63) is 30.8 Å². The molecule has 1 aliphatic heterocycles. The molecule has 1 heterocycles. The number of rotatable bonds is 5. The number of hydrogen-bond acceptors (Lipinski definition) is 3. The van der Waals surface area contributed by atoms with E-state index >= 15 is 0 Å². The number of hydrogen-bond donors (Lipinski definition) is 1. The van der Waals surface area contributed by atoms with E-state index in [9.17, 15) is 0 Å². The summed E-state index contributed by atoms with van der Waals surface area (Å²) in [7, 11) is 9.65. The Bertz CT molecular complexity index is 404. The molecule has 1 aliphatic rings. The van der Waals surface area contributed by atoms with Crippen LogP contribution in [0, 0.1) is 7.05 Å². The van der Waals surface area contributed by atoms with Gasteiger partial charge in [0, 0.05) is 39.5 Å². The van der Waals surface area contributed by atoms with Crippen molar-refractivity contribution in [3.63, 3.8) is 0 Å². The number of nitrogens with one attached hydrogen (secondary N) is 1. The number of likely N-dealkylation sites (tertiary alicyclic amines) is 1. The van der Waals surface area contributed by atoms with E-state index in [1.54, 1.807) is 14.2 Å². The first kappa shape index (κ1) is 15.1. The van der Waals surface area contributed by atoms with Gasteiger partial charge in [-0.25, -0.2) is 0 Å². The molecule has 112 valence electrons. The van der Waals surface area contributed by atoms with E-state index in [-0.39, 0.29) is 0 Å². The SMILES string of the molecule is [CH2-][NH+](C)C1CCN(Cc2c(OC)cccc2OC)CC1. The van der Waals surface area contributed by atoms with Crippen LogP contribution in [0.3, 0.4) is 0 Å². The molecule has 1 unspecified atom stereocenters. The van der Waals surface area contributed by atoms with E-state index in [0.717, 1.165) is 36.7 Å². The Labute approximate surface area is 122 Å². The monoisotopic (exact) mass is 278 g/mol. The highest BCUT2D eigenvalue weighted by Crippen LogP contribution is 2.30. The van der Waals surface area contributed by atoms with Crippen LogP contribution >= 0.6 is 0 Å². The summed E-state index contributed by atoms with van der Waals surface area (Å²) in [5, 5.41) is 0. The minimum Gasteiger partial charge on any atom is -0.496 e. The fraction of sp³-hybridized carbons (Fsp3) is 0.562. The molecule has 4 heteroatoms. The molecular formula is C16H26N2O2. The summed E-state index contributed by atoms with van der Waals surface area (Å²) in [5.74, 6) is 1.82. The maximum atomic E-state index is 5.47. The lowest BCUT2D eigenvalue weighted by atomic mass is 10.0. The number of quaternary nitrogens is 1. The summed E-state index contributed by atoms with van der Waals surface area (Å²) in [4.78, 5) is 3.79. The minimum atomic E-state index is 0.686. The van der Waals surface area contributed by atoms with E-state index in [0.29, 0.717) is 6.04 Å². The zero-order valence-electron chi connectivity index (χ0n) is 12.8. The zero-order chi connectivity index (χ0) is 14.5. The molecule has 0 spiro atoms. The van der Waals surface area contributed by atoms with Gasteiger partial charge in [0.05, 0.1) is 25.8 Å². The van der Waals surface area contributed by atoms with E-state index in [1.807, 2.05) is 18.2 Å². The van der Waals surface area contributed by atoms with Crippen LogP contribution in [-0.4, -0.2) is 45.3 Å². The van der Waals surface area contributed by atoms with Gasteiger partial charge in [-0.1, -0.05) is 6.07 Å². The largest absolute Gasteiger partial charge is 0.496 e. The molecule has 1 N–H and O–H groups in total. The smallest absolute Gasteiger partial charge is 0.127 e. The van der Waals surface area contributed by atoms with Crippen molar-refractivity contribution >= 4 is 0 Å². The highest BCUT2D eigenvalue weighted by molar-refractivity contribution is 5.44. The molecule has 0 amide bonds. The van der Waals surface area contributed by atoms with E-state index < -0.39 is 0 Å². The summed E-state index contributed by atoms with van der Waals surface area (Å²) < 4.78 is 10.9. The predicted molar refractivity (Wildman–Crippen MR) is 80.1 cm³/mol. The molecule has 1 atom stereocenters. The Morgan fingerprint density at radius 3 is 2.20 bits per heavy atom. The molecule has 1 aromatic carbocycles. The van der Waals surface area contributed by atoms with Gasteiger partial charge in [0.2, 0.25) is 0 Å². The summed E-state index contributed by atoms with van der Waals surface area (Å²) in [6, 6.07) is 6.65. The van der Waals surface area contributed by atoms with Crippen LogP contribution in [0.4, 0.5) is 0 Å². The second-order valence-electron chi connectivity index (χ2n) is 5.54. The van der Waals surface area contributed by atoms with E-state index in [1.165, 1.54) is 17.7 Å². The first-order valence-electron chi connectivity index (χ1n) is 7.23. The average molecular weight is 278 g/mol. The van der Waals surface area contributed by atoms with Crippen molar-refractivity contribution in [2.45, 2.75) is 25.4 Å². The van der Waals surface area contributed by atoms with Crippen molar-refractivity contribution in [1.82, 2.24) is 4.90 Å². The van der Waals surface area contributed by atoms with Gasteiger partial charge in [-0.15, -0.1) is 0 Å². The van der Waals surface area contributed by atoms with Crippen LogP contribution in [0.25, 0.3) is 0 Å². The lowest BCUT2D eigenvalue weighted by molar-refractivity contribution is -0.861. The lowest BCUT2D eigenvalue weighted by Gasteiger charge is -2.36. The normalized spacial score (nSPS) is 18.8. The molecule has 0 radical (unpaired) electrons. The topological polar surface area (TPSA) is 26.1 Å². The summed E-state index contributed by atoms with van der Waals surface area (Å²) in [6.45, 7) is 3.10. The number of methoxy groups -OCH3 is 2. The molecule has 0 aliphatic carbocycles. The fourth-order valence-corrected chi connectivity index (χ4v) is 2.89. The molecule has 4 nitrogen and oxygen atoms in total. The highest BCUT2D eigenvalue weighted by atomic mass is 16.5. The van der Waals surface area contributed by atoms with Gasteiger partial charge in [-0.3, -0.25) is 4.90 Å². The standard InChI is InChI=1S/C16H26N2O2/c1-17(2)13-8-10-18(11-9-13)12-14-15(19-3)6-5-7-16(14)20-4/h5-7,13,17H,1,8-12H2,2-4H3. The summed E-state index contributed by atoms with van der Waals surface area (Å²) in [6.07, 6.45) is 2.40. The lowest BCUT2D eigenvalue weighted by Crippen LogP contribution is -3.08. The van der Waals surface area contributed by atoms with Gasteiger partial charge in [-0.2, -0.15) is 7.05 Å². The zero-order valence-corrected chi connectivity index (χ0v) is 12.8. The Morgan fingerprint density at radius 2 is 1.75 bits per heavy atom. The minimum absolute atomic E-state index is 0.686. The quantitative estimate of drug-likeness (QED) is 0.813. The fourth-order valence-electron chi connectivity index (χ4n) is 2.89. The Morgan fingerprint density at radius 1 is 1.20 bits per heavy atom. The first-order valence-corrected chi connectivity index (χ1v) is 7.23. The molecule has 0 bridgehead atoms. The number of ether oxygens (including phenoxy) is 2. The van der Waals surface area contributed by atoms with Crippen LogP contribution in [0.5, 0.6) is 11.5 Å². The Hall–Kier alpha value is -1.26. The van der Waals surface area contributed by atoms with Gasteiger partial charge in [-0.05, 0) is 12.1 Å². The maximum absolute atomic E-state index is 5.47. The molecule has 1 aromatic rings. The Kier molecular flexibility index (Phi) is 5.26. The average Bonchev–Trinajstić information content (AvgIpc) is 2.48. The van der Waals surface area contributed by atoms with Gasteiger partial charge < -0.3 is 14.4 Å². The van der Waals surface area contributed by atoms with Gasteiger partial charge in [0.15, 0.2) is 0 Å². The third kappa shape index (κ3) is 3.44. The second kappa shape index (κ2) is 6.95. The van der Waals surface area contributed by atoms with Crippen molar-refractivity contribution in [2.75, 3.05) is 34.4 Å². The van der Waals surface area contributed by atoms with Crippen molar-refractivity contribution in [2.24, 2.45) is 0 Å². The molecular weight excluding hydrogens is 252 g/mol. The van der Waals surface area contributed by atoms with Crippen LogP contribution in [0.2, 0.25) is 0 Å². The van der Waals surface area contributed by atoms with E-state index in [2.05, 4.69) is 19.0 Å². The molecule has 20 heavy (non-hydrogen) atoms. The molecule has 0 aromatic heterocycles. The number of nitrogens with zero attached hydrogens (tertiary/aromatic N) is 1. The van der Waals surface area contributed by atoms with Crippen LogP contribution in [0.15, 0.2) is 18.2 Å². The van der Waals surface area contributed by atoms with Crippen LogP contribution in [-0.2, 0) is 6.54 Å². The summed E-state index contributed by atoms with van der Waals surface area (Å²) >= 11 is 0. The van der Waals surface area contributed by atoms with Crippen molar-refractivity contribution in [1.29, 1.82) is 0 Å². The van der Waals surface area contributed by atoms with Crippen molar-refractivity contribution < 1.29 is 14.4 Å². The molecule has 1 fully saturated rings. The van der Waals surface area contributed by atoms with Gasteiger partial charge >= 0.3 is 0 Å². The van der Waals surface area contributed by atoms with Gasteiger partial charge in [0.25, 0.3) is 0 Å². The first-order chi connectivity index (χ1) is 9.65. The predicted octanol–water partition coefficient (Wildman–Crippen LogP) is 0.974. The van der Waals surface area contributed by atoms with Gasteiger partial charge in [0.1, 0.15) is 11.5 Å². The molecule has 1 saturated heterocycles. The number of piperidine rings is 1. The maximum Gasteiger partial charge on any atom is 0.127 e. The third-order valence-corrected chi connectivity index (χ3v) is 4.20. The van der Waals surface area contributed by atoms with E-state index in [4.69, 9.17) is 9.47 Å². The molecule has 2 rings (SSSR count). The summed E-state index contributed by atoms with van der Waals surface area (Å²) in [5.41, 5.74) is 1.14. The van der Waals surface area contributed by atoms with Crippen LogP contribution in [0.1, 0.15) is 18.4 Å². The van der Waals surface area contributed by atoms with Crippen LogP contribution < -0.4 is 14.4 Å². The Balaban J connectivity index is 2.04. The van der Waals surface area contributed by atoms with Crippen molar-refractivity contribution in [3.8, 4) is 11.5 Å².